The molecule has 0 N–H and O–H groups in total. The molecule has 4 nitrogen and oxygen atoms in total. The molecule has 0 aliphatic heterocycles. The molecule has 6 heteroatoms. The highest BCUT2D eigenvalue weighted by atomic mass is 35.5. The molecule has 0 spiro atoms. The number of ether oxygens (including phenoxy) is 1. The van der Waals surface area contributed by atoms with E-state index in [1.54, 1.807) is 29.9 Å². The van der Waals surface area contributed by atoms with Crippen molar-refractivity contribution in [2.45, 2.75) is 13.3 Å². The van der Waals surface area contributed by atoms with Gasteiger partial charge in [-0.25, -0.2) is 0 Å². The van der Waals surface area contributed by atoms with Crippen LogP contribution in [0, 0.1) is 0 Å². The van der Waals surface area contributed by atoms with Crippen LogP contribution in [-0.2, 0) is 6.42 Å². The number of benzene rings is 1. The van der Waals surface area contributed by atoms with Crippen LogP contribution in [0.2, 0.25) is 10.3 Å². The van der Waals surface area contributed by atoms with Crippen LogP contribution in [0.15, 0.2) is 18.2 Å². The summed E-state index contributed by atoms with van der Waals surface area (Å²) in [7, 11) is 1.59. The molecule has 0 unspecified atom stereocenters. The minimum Gasteiger partial charge on any atom is -0.495 e. The van der Waals surface area contributed by atoms with Crippen molar-refractivity contribution in [1.82, 2.24) is 14.8 Å². The Morgan fingerprint density at radius 3 is 2.71 bits per heavy atom. The highest BCUT2D eigenvalue weighted by Crippen LogP contribution is 2.29. The van der Waals surface area contributed by atoms with E-state index in [9.17, 15) is 0 Å². The molecule has 1 aromatic heterocycles. The van der Waals surface area contributed by atoms with Crippen LogP contribution in [0.25, 0.3) is 5.69 Å². The molecule has 0 amide bonds. The molecule has 2 aromatic rings. The van der Waals surface area contributed by atoms with Gasteiger partial charge in [0.1, 0.15) is 11.6 Å². The smallest absolute Gasteiger partial charge is 0.229 e. The van der Waals surface area contributed by atoms with E-state index >= 15 is 0 Å². The summed E-state index contributed by atoms with van der Waals surface area (Å²) in [5, 5.41) is 8.74. The minimum atomic E-state index is 0.294. The molecule has 0 aliphatic carbocycles. The quantitative estimate of drug-likeness (QED) is 0.861. The molecule has 0 saturated carbocycles. The van der Waals surface area contributed by atoms with Gasteiger partial charge in [0.15, 0.2) is 0 Å². The number of rotatable bonds is 3. The van der Waals surface area contributed by atoms with Crippen LogP contribution in [-0.4, -0.2) is 21.9 Å². The summed E-state index contributed by atoms with van der Waals surface area (Å²) in [6.07, 6.45) is 0.718. The van der Waals surface area contributed by atoms with Crippen LogP contribution in [0.1, 0.15) is 12.7 Å². The topological polar surface area (TPSA) is 39.9 Å². The number of aromatic nitrogens is 3. The second-order valence-electron chi connectivity index (χ2n) is 3.39. The predicted molar refractivity (Wildman–Crippen MR) is 67.3 cm³/mol. The summed E-state index contributed by atoms with van der Waals surface area (Å²) in [5.74, 6) is 1.43. The Labute approximate surface area is 109 Å². The van der Waals surface area contributed by atoms with E-state index in [-0.39, 0.29) is 0 Å². The average Bonchev–Trinajstić information content (AvgIpc) is 2.70. The molecular formula is C11H11Cl2N3O. The fourth-order valence-corrected chi connectivity index (χ4v) is 1.99. The third-order valence-corrected chi connectivity index (χ3v) is 2.87. The lowest BCUT2D eigenvalue weighted by atomic mass is 10.3. The molecular weight excluding hydrogens is 261 g/mol. The van der Waals surface area contributed by atoms with Gasteiger partial charge in [0.25, 0.3) is 0 Å². The molecule has 0 atom stereocenters. The van der Waals surface area contributed by atoms with Gasteiger partial charge in [0, 0.05) is 11.4 Å². The van der Waals surface area contributed by atoms with E-state index in [4.69, 9.17) is 27.9 Å². The first-order valence-electron chi connectivity index (χ1n) is 5.11. The number of hydrogen-bond donors (Lipinski definition) is 0. The summed E-state index contributed by atoms with van der Waals surface area (Å²) < 4.78 is 7.01. The van der Waals surface area contributed by atoms with E-state index in [1.807, 2.05) is 6.92 Å². The third-order valence-electron chi connectivity index (χ3n) is 2.39. The first-order valence-corrected chi connectivity index (χ1v) is 5.86. The van der Waals surface area contributed by atoms with Gasteiger partial charge in [0.05, 0.1) is 12.8 Å². The van der Waals surface area contributed by atoms with Crippen LogP contribution in [0.3, 0.4) is 0 Å². The summed E-state index contributed by atoms with van der Waals surface area (Å²) in [6.45, 7) is 1.98. The predicted octanol–water partition coefficient (Wildman–Crippen LogP) is 3.15. The molecule has 1 heterocycles. The van der Waals surface area contributed by atoms with Gasteiger partial charge < -0.3 is 4.74 Å². The zero-order valence-corrected chi connectivity index (χ0v) is 11.0. The third kappa shape index (κ3) is 2.23. The van der Waals surface area contributed by atoms with Crippen molar-refractivity contribution in [3.8, 4) is 11.4 Å². The van der Waals surface area contributed by atoms with E-state index in [0.717, 1.165) is 17.9 Å². The van der Waals surface area contributed by atoms with Gasteiger partial charge in [-0.1, -0.05) is 18.5 Å². The van der Waals surface area contributed by atoms with Crippen molar-refractivity contribution in [1.29, 1.82) is 0 Å². The number of nitrogens with zero attached hydrogens (tertiary/aromatic N) is 3. The summed E-state index contributed by atoms with van der Waals surface area (Å²) in [6, 6.07) is 5.32. The molecule has 0 fully saturated rings. The summed E-state index contributed by atoms with van der Waals surface area (Å²) >= 11 is 12.0. The molecule has 2 rings (SSSR count). The van der Waals surface area contributed by atoms with Crippen LogP contribution in [0.4, 0.5) is 0 Å². The largest absolute Gasteiger partial charge is 0.495 e. The Morgan fingerprint density at radius 2 is 2.06 bits per heavy atom. The minimum absolute atomic E-state index is 0.294. The standard InChI is InChI=1S/C11H11Cl2N3O/c1-3-10-14-15-11(13)16(10)8-6-7(12)4-5-9(8)17-2/h4-6H,3H2,1-2H3. The molecule has 0 saturated heterocycles. The van der Waals surface area contributed by atoms with Crippen molar-refractivity contribution < 1.29 is 4.74 Å². The SMILES string of the molecule is CCc1nnc(Cl)n1-c1cc(Cl)ccc1OC. The Morgan fingerprint density at radius 1 is 1.29 bits per heavy atom. The van der Waals surface area contributed by atoms with E-state index in [1.165, 1.54) is 0 Å². The Kier molecular flexibility index (Phi) is 3.54. The summed E-state index contributed by atoms with van der Waals surface area (Å²) in [5.41, 5.74) is 0.742. The fourth-order valence-electron chi connectivity index (χ4n) is 1.60. The zero-order valence-electron chi connectivity index (χ0n) is 9.44. The van der Waals surface area contributed by atoms with Gasteiger partial charge in [-0.15, -0.1) is 10.2 Å². The van der Waals surface area contributed by atoms with Crippen molar-refractivity contribution in [3.05, 3.63) is 34.3 Å². The van der Waals surface area contributed by atoms with Gasteiger partial charge in [-0.05, 0) is 29.8 Å². The molecule has 17 heavy (non-hydrogen) atoms. The van der Waals surface area contributed by atoms with Crippen LogP contribution >= 0.6 is 23.2 Å². The second kappa shape index (κ2) is 4.94. The average molecular weight is 272 g/mol. The van der Waals surface area contributed by atoms with Gasteiger partial charge in [-0.2, -0.15) is 0 Å². The van der Waals surface area contributed by atoms with Gasteiger partial charge in [-0.3, -0.25) is 4.57 Å². The summed E-state index contributed by atoms with van der Waals surface area (Å²) in [4.78, 5) is 0. The first kappa shape index (κ1) is 12.2. The number of hydrogen-bond acceptors (Lipinski definition) is 3. The van der Waals surface area contributed by atoms with Gasteiger partial charge in [0.2, 0.25) is 5.28 Å². The van der Waals surface area contributed by atoms with Crippen molar-refractivity contribution in [2.24, 2.45) is 0 Å². The van der Waals surface area contributed by atoms with Crippen LogP contribution < -0.4 is 4.74 Å². The van der Waals surface area contributed by atoms with Crippen molar-refractivity contribution >= 4 is 23.2 Å². The van der Waals surface area contributed by atoms with Crippen LogP contribution in [0.5, 0.6) is 5.75 Å². The van der Waals surface area contributed by atoms with Crippen molar-refractivity contribution in [3.63, 3.8) is 0 Å². The van der Waals surface area contributed by atoms with E-state index in [0.29, 0.717) is 16.1 Å². The number of halogens is 2. The Bertz CT molecular complexity index is 540. The zero-order chi connectivity index (χ0) is 12.4. The monoisotopic (exact) mass is 271 g/mol. The molecule has 0 aliphatic rings. The first-order chi connectivity index (χ1) is 8.17. The molecule has 0 radical (unpaired) electrons. The maximum Gasteiger partial charge on any atom is 0.229 e. The highest BCUT2D eigenvalue weighted by molar-refractivity contribution is 6.31. The lowest BCUT2D eigenvalue weighted by molar-refractivity contribution is 0.412. The Hall–Kier alpha value is -1.26. The second-order valence-corrected chi connectivity index (χ2v) is 4.16. The number of methoxy groups -OCH3 is 1. The maximum absolute atomic E-state index is 6.03. The van der Waals surface area contributed by atoms with Gasteiger partial charge >= 0.3 is 0 Å². The maximum atomic E-state index is 6.03. The normalized spacial score (nSPS) is 10.6. The number of aryl methyl sites for hydroxylation is 1. The lowest BCUT2D eigenvalue weighted by Gasteiger charge is -2.11. The molecule has 90 valence electrons. The Balaban J connectivity index is 2.66. The fraction of sp³-hybridized carbons (Fsp3) is 0.273. The van der Waals surface area contributed by atoms with Crippen molar-refractivity contribution in [2.75, 3.05) is 7.11 Å². The van der Waals surface area contributed by atoms with E-state index in [2.05, 4.69) is 10.2 Å². The lowest BCUT2D eigenvalue weighted by Crippen LogP contribution is -2.02. The molecule has 0 bridgehead atoms. The molecule has 1 aromatic carbocycles. The van der Waals surface area contributed by atoms with E-state index < -0.39 is 0 Å². The highest BCUT2D eigenvalue weighted by Gasteiger charge is 2.15.